The number of likely N-dealkylation sites (tertiary alicyclic amines) is 2. The first kappa shape index (κ1) is 12.9. The van der Waals surface area contributed by atoms with Gasteiger partial charge < -0.3 is 10.2 Å². The highest BCUT2D eigenvalue weighted by atomic mass is 15.3. The van der Waals surface area contributed by atoms with Crippen molar-refractivity contribution in [1.29, 1.82) is 0 Å². The maximum atomic E-state index is 3.61. The molecule has 3 rings (SSSR count). The van der Waals surface area contributed by atoms with Gasteiger partial charge in [0.15, 0.2) is 0 Å². The number of rotatable bonds is 6. The van der Waals surface area contributed by atoms with E-state index in [1.54, 1.807) is 0 Å². The topological polar surface area (TPSA) is 18.5 Å². The molecule has 2 saturated heterocycles. The maximum Gasteiger partial charge on any atom is 0.0235 e. The van der Waals surface area contributed by atoms with Gasteiger partial charge in [-0.1, -0.05) is 6.42 Å². The van der Waals surface area contributed by atoms with Gasteiger partial charge in [0.05, 0.1) is 0 Å². The molecule has 1 N–H and O–H groups in total. The first-order valence-corrected chi connectivity index (χ1v) is 8.09. The molecule has 1 unspecified atom stereocenters. The Balaban J connectivity index is 1.30. The molecule has 1 aliphatic carbocycles. The van der Waals surface area contributed by atoms with Crippen molar-refractivity contribution in [3.8, 4) is 0 Å². The van der Waals surface area contributed by atoms with Gasteiger partial charge >= 0.3 is 0 Å². The molecule has 1 saturated carbocycles. The van der Waals surface area contributed by atoms with E-state index in [4.69, 9.17) is 0 Å². The first-order valence-electron chi connectivity index (χ1n) is 8.09. The summed E-state index contributed by atoms with van der Waals surface area (Å²) in [5.74, 6) is 1.02. The Morgan fingerprint density at radius 1 is 0.944 bits per heavy atom. The van der Waals surface area contributed by atoms with Crippen LogP contribution in [0.4, 0.5) is 0 Å². The van der Waals surface area contributed by atoms with E-state index in [0.29, 0.717) is 0 Å². The van der Waals surface area contributed by atoms with E-state index in [-0.39, 0.29) is 0 Å². The summed E-state index contributed by atoms with van der Waals surface area (Å²) < 4.78 is 0. The van der Waals surface area contributed by atoms with Gasteiger partial charge in [-0.25, -0.2) is 0 Å². The summed E-state index contributed by atoms with van der Waals surface area (Å²) in [5.41, 5.74) is 0. The highest BCUT2D eigenvalue weighted by molar-refractivity contribution is 4.85. The molecule has 1 atom stereocenters. The number of hydrogen-bond donors (Lipinski definition) is 1. The molecule has 0 radical (unpaired) electrons. The fourth-order valence-electron chi connectivity index (χ4n) is 3.46. The molecule has 0 bridgehead atoms. The molecule has 3 fully saturated rings. The summed E-state index contributed by atoms with van der Waals surface area (Å²) in [6.07, 6.45) is 8.65. The van der Waals surface area contributed by atoms with Crippen molar-refractivity contribution in [2.24, 2.45) is 5.92 Å². The van der Waals surface area contributed by atoms with Gasteiger partial charge in [-0.2, -0.15) is 0 Å². The molecule has 2 heterocycles. The third-order valence-corrected chi connectivity index (χ3v) is 4.89. The van der Waals surface area contributed by atoms with Crippen molar-refractivity contribution < 1.29 is 0 Å². The molecule has 0 amide bonds. The Labute approximate surface area is 112 Å². The monoisotopic (exact) mass is 251 g/mol. The zero-order chi connectivity index (χ0) is 12.2. The van der Waals surface area contributed by atoms with Crippen LogP contribution >= 0.6 is 0 Å². The normalized spacial score (nSPS) is 31.0. The van der Waals surface area contributed by atoms with Crippen LogP contribution in [0.25, 0.3) is 0 Å². The van der Waals surface area contributed by atoms with Crippen molar-refractivity contribution >= 4 is 0 Å². The second-order valence-corrected chi connectivity index (χ2v) is 6.49. The van der Waals surface area contributed by atoms with Crippen molar-refractivity contribution in [1.82, 2.24) is 15.1 Å². The predicted molar refractivity (Wildman–Crippen MR) is 75.9 cm³/mol. The molecule has 3 nitrogen and oxygen atoms in total. The van der Waals surface area contributed by atoms with Crippen LogP contribution in [-0.2, 0) is 0 Å². The molecule has 3 heteroatoms. The SMILES string of the molecule is C1CCN(C2CCN(CCNCC3CC3)C2)CC1. The Bertz CT molecular complexity index is 246. The zero-order valence-corrected chi connectivity index (χ0v) is 11.7. The molecule has 0 aromatic heterocycles. The highest BCUT2D eigenvalue weighted by Gasteiger charge is 2.28. The second-order valence-electron chi connectivity index (χ2n) is 6.49. The minimum Gasteiger partial charge on any atom is -0.315 e. The fraction of sp³-hybridized carbons (Fsp3) is 1.00. The van der Waals surface area contributed by atoms with Gasteiger partial charge in [-0.05, 0) is 64.2 Å². The minimum atomic E-state index is 0.869. The van der Waals surface area contributed by atoms with Crippen molar-refractivity contribution in [3.63, 3.8) is 0 Å². The van der Waals surface area contributed by atoms with Gasteiger partial charge in [0, 0.05) is 25.7 Å². The van der Waals surface area contributed by atoms with Gasteiger partial charge in [-0.15, -0.1) is 0 Å². The van der Waals surface area contributed by atoms with Crippen molar-refractivity contribution in [3.05, 3.63) is 0 Å². The van der Waals surface area contributed by atoms with Gasteiger partial charge in [0.25, 0.3) is 0 Å². The summed E-state index contributed by atoms with van der Waals surface area (Å²) in [7, 11) is 0. The largest absolute Gasteiger partial charge is 0.315 e. The Hall–Kier alpha value is -0.120. The predicted octanol–water partition coefficient (Wildman–Crippen LogP) is 1.55. The lowest BCUT2D eigenvalue weighted by atomic mass is 10.1. The quantitative estimate of drug-likeness (QED) is 0.723. The Kier molecular flexibility index (Phi) is 4.55. The first-order chi connectivity index (χ1) is 8.92. The van der Waals surface area contributed by atoms with E-state index < -0.39 is 0 Å². The Morgan fingerprint density at radius 2 is 1.78 bits per heavy atom. The number of piperidine rings is 1. The van der Waals surface area contributed by atoms with Crippen LogP contribution < -0.4 is 5.32 Å². The second kappa shape index (κ2) is 6.36. The lowest BCUT2D eigenvalue weighted by Gasteiger charge is -2.32. The molecule has 0 aromatic rings. The van der Waals surface area contributed by atoms with E-state index in [2.05, 4.69) is 15.1 Å². The van der Waals surface area contributed by atoms with E-state index in [1.165, 1.54) is 84.3 Å². The summed E-state index contributed by atoms with van der Waals surface area (Å²) >= 11 is 0. The number of nitrogens with one attached hydrogen (secondary N) is 1. The molecule has 0 spiro atoms. The van der Waals surface area contributed by atoms with Crippen LogP contribution in [0, 0.1) is 5.92 Å². The maximum absolute atomic E-state index is 3.61. The Morgan fingerprint density at radius 3 is 2.56 bits per heavy atom. The molecular weight excluding hydrogens is 222 g/mol. The summed E-state index contributed by atoms with van der Waals surface area (Å²) in [5, 5.41) is 3.61. The summed E-state index contributed by atoms with van der Waals surface area (Å²) in [4.78, 5) is 5.42. The molecule has 0 aromatic carbocycles. The van der Waals surface area contributed by atoms with Crippen molar-refractivity contribution in [2.45, 2.75) is 44.6 Å². The third-order valence-electron chi connectivity index (χ3n) is 4.89. The van der Waals surface area contributed by atoms with Crippen LogP contribution in [0.1, 0.15) is 38.5 Å². The molecule has 3 aliphatic rings. The van der Waals surface area contributed by atoms with Gasteiger partial charge in [0.1, 0.15) is 0 Å². The summed E-state index contributed by atoms with van der Waals surface area (Å²) in [6.45, 7) is 9.10. The molecule has 2 aliphatic heterocycles. The lowest BCUT2D eigenvalue weighted by Crippen LogP contribution is -2.41. The third kappa shape index (κ3) is 3.69. The van der Waals surface area contributed by atoms with Crippen LogP contribution in [0.15, 0.2) is 0 Å². The standard InChI is InChI=1S/C15H29N3/c1-2-8-18(9-3-1)15-6-10-17(13-15)11-7-16-12-14-4-5-14/h14-16H,1-13H2. The van der Waals surface area contributed by atoms with E-state index in [9.17, 15) is 0 Å². The highest BCUT2D eigenvalue weighted by Crippen LogP contribution is 2.27. The van der Waals surface area contributed by atoms with Crippen LogP contribution in [0.5, 0.6) is 0 Å². The number of nitrogens with zero attached hydrogens (tertiary/aromatic N) is 2. The van der Waals surface area contributed by atoms with Crippen LogP contribution in [-0.4, -0.2) is 61.7 Å². The lowest BCUT2D eigenvalue weighted by molar-refractivity contribution is 0.162. The zero-order valence-electron chi connectivity index (χ0n) is 11.7. The number of hydrogen-bond acceptors (Lipinski definition) is 3. The minimum absolute atomic E-state index is 0.869. The molecular formula is C15H29N3. The van der Waals surface area contributed by atoms with Crippen LogP contribution in [0.2, 0.25) is 0 Å². The van der Waals surface area contributed by atoms with Gasteiger partial charge in [-0.3, -0.25) is 4.90 Å². The fourth-order valence-corrected chi connectivity index (χ4v) is 3.46. The average molecular weight is 251 g/mol. The van der Waals surface area contributed by atoms with E-state index in [1.807, 2.05) is 0 Å². The molecule has 18 heavy (non-hydrogen) atoms. The van der Waals surface area contributed by atoms with Crippen LogP contribution in [0.3, 0.4) is 0 Å². The smallest absolute Gasteiger partial charge is 0.0235 e. The van der Waals surface area contributed by atoms with Gasteiger partial charge in [0.2, 0.25) is 0 Å². The van der Waals surface area contributed by atoms with E-state index >= 15 is 0 Å². The van der Waals surface area contributed by atoms with Crippen molar-refractivity contribution in [2.75, 3.05) is 45.8 Å². The average Bonchev–Trinajstić information content (AvgIpc) is 3.12. The van der Waals surface area contributed by atoms with E-state index in [0.717, 1.165) is 12.0 Å². The molecule has 104 valence electrons. The summed E-state index contributed by atoms with van der Waals surface area (Å²) in [6, 6.07) is 0.869.